The topological polar surface area (TPSA) is 59.0 Å². The van der Waals surface area contributed by atoms with E-state index in [1.165, 1.54) is 28.1 Å². The standard InChI is InChI=1S/C28H25FN4O3S/c1-31-12-10-20-21-14-33(28(34)30-19-8-9-23-24(13-19)36-16-35-23)26(17-4-6-18(29)7-5-17)22-3-2-11-32(22)27(21)37-25(20)15-31/h2-9,11,13,26H,10,12,14-16H2,1H3,(H,30,34)/t26-/m0/s1. The van der Waals surface area contributed by atoms with Crippen LogP contribution in [0.5, 0.6) is 11.5 Å². The molecule has 4 aromatic rings. The fourth-order valence-corrected chi connectivity index (χ4v) is 6.96. The summed E-state index contributed by atoms with van der Waals surface area (Å²) in [6.07, 6.45) is 3.02. The normalized spacial score (nSPS) is 18.1. The van der Waals surface area contributed by atoms with E-state index in [2.05, 4.69) is 34.1 Å². The van der Waals surface area contributed by atoms with Crippen LogP contribution in [0.15, 0.2) is 60.8 Å². The first-order valence-corrected chi connectivity index (χ1v) is 13.1. The van der Waals surface area contributed by atoms with E-state index in [1.54, 1.807) is 35.6 Å². The van der Waals surface area contributed by atoms with Crippen LogP contribution in [0.2, 0.25) is 0 Å². The minimum Gasteiger partial charge on any atom is -0.454 e. The van der Waals surface area contributed by atoms with Gasteiger partial charge in [-0.2, -0.15) is 0 Å². The predicted octanol–water partition coefficient (Wildman–Crippen LogP) is 5.53. The molecular weight excluding hydrogens is 491 g/mol. The molecule has 0 aliphatic carbocycles. The molecule has 0 fully saturated rings. The minimum atomic E-state index is -0.397. The van der Waals surface area contributed by atoms with Crippen molar-refractivity contribution in [1.82, 2.24) is 14.4 Å². The molecular formula is C28H25FN4O3S. The maximum Gasteiger partial charge on any atom is 0.322 e. The third-order valence-corrected chi connectivity index (χ3v) is 8.58. The number of fused-ring (bicyclic) bond motifs is 6. The fourth-order valence-electron chi connectivity index (χ4n) is 5.52. The van der Waals surface area contributed by atoms with E-state index in [4.69, 9.17) is 9.47 Å². The average Bonchev–Trinajstić information content (AvgIpc) is 3.61. The number of aromatic nitrogens is 1. The summed E-state index contributed by atoms with van der Waals surface area (Å²) in [6.45, 7) is 2.52. The molecule has 0 unspecified atom stereocenters. The lowest BCUT2D eigenvalue weighted by Crippen LogP contribution is -2.38. The number of benzene rings is 2. The van der Waals surface area contributed by atoms with Crippen molar-refractivity contribution in [2.45, 2.75) is 25.6 Å². The Morgan fingerprint density at radius 1 is 1.05 bits per heavy atom. The number of rotatable bonds is 2. The highest BCUT2D eigenvalue weighted by Gasteiger charge is 2.36. The number of ether oxygens (including phenoxy) is 2. The lowest BCUT2D eigenvalue weighted by atomic mass is 10.0. The second-order valence-corrected chi connectivity index (χ2v) is 10.7. The second-order valence-electron chi connectivity index (χ2n) is 9.66. The number of carbonyl (C=O) groups excluding carboxylic acids is 1. The molecule has 7 rings (SSSR count). The Morgan fingerprint density at radius 3 is 2.76 bits per heavy atom. The van der Waals surface area contributed by atoms with Gasteiger partial charge in [0.2, 0.25) is 6.79 Å². The summed E-state index contributed by atoms with van der Waals surface area (Å²) < 4.78 is 27.0. The van der Waals surface area contributed by atoms with Crippen molar-refractivity contribution < 1.29 is 18.7 Å². The second kappa shape index (κ2) is 8.64. The SMILES string of the molecule is CN1CCc2c(sc3c2CN(C(=O)Nc2ccc4c(c2)OCO4)[C@@H](c2ccc(F)cc2)c2cccn2-3)C1. The lowest BCUT2D eigenvalue weighted by molar-refractivity contribution is 0.174. The monoisotopic (exact) mass is 516 g/mol. The van der Waals surface area contributed by atoms with Crippen LogP contribution in [0.3, 0.4) is 0 Å². The molecule has 0 radical (unpaired) electrons. The van der Waals surface area contributed by atoms with Gasteiger partial charge in [-0.25, -0.2) is 9.18 Å². The number of thiophene rings is 1. The maximum atomic E-state index is 14.0. The van der Waals surface area contributed by atoms with E-state index in [0.717, 1.165) is 35.8 Å². The van der Waals surface area contributed by atoms with Crippen molar-refractivity contribution >= 4 is 23.1 Å². The summed E-state index contributed by atoms with van der Waals surface area (Å²) in [6, 6.07) is 15.3. The first kappa shape index (κ1) is 22.4. The number of hydrogen-bond donors (Lipinski definition) is 1. The van der Waals surface area contributed by atoms with Gasteiger partial charge in [0.25, 0.3) is 0 Å². The highest BCUT2D eigenvalue weighted by Crippen LogP contribution is 2.44. The van der Waals surface area contributed by atoms with Gasteiger partial charge in [0, 0.05) is 41.5 Å². The number of urea groups is 1. The Labute approximate surface area is 217 Å². The smallest absolute Gasteiger partial charge is 0.322 e. The molecule has 1 atom stereocenters. The van der Waals surface area contributed by atoms with E-state index >= 15 is 0 Å². The number of amides is 2. The molecule has 3 aliphatic rings. The number of hydrogen-bond acceptors (Lipinski definition) is 5. The Balaban J connectivity index is 1.34. The number of halogens is 1. The van der Waals surface area contributed by atoms with Crippen molar-refractivity contribution in [2.75, 3.05) is 25.7 Å². The molecule has 9 heteroatoms. The molecule has 3 aliphatic heterocycles. The molecule has 5 heterocycles. The summed E-state index contributed by atoms with van der Waals surface area (Å²) in [7, 11) is 2.14. The summed E-state index contributed by atoms with van der Waals surface area (Å²) in [4.78, 5) is 19.6. The fraction of sp³-hybridized carbons (Fsp3) is 0.250. The van der Waals surface area contributed by atoms with Crippen molar-refractivity contribution in [1.29, 1.82) is 0 Å². The van der Waals surface area contributed by atoms with E-state index in [-0.39, 0.29) is 18.6 Å². The van der Waals surface area contributed by atoms with Crippen LogP contribution in [-0.4, -0.2) is 40.8 Å². The first-order valence-electron chi connectivity index (χ1n) is 12.3. The largest absolute Gasteiger partial charge is 0.454 e. The highest BCUT2D eigenvalue weighted by atomic mass is 32.1. The average molecular weight is 517 g/mol. The molecule has 2 amide bonds. The number of nitrogens with zero attached hydrogens (tertiary/aromatic N) is 3. The van der Waals surface area contributed by atoms with Crippen molar-refractivity contribution in [3.05, 3.63) is 93.9 Å². The molecule has 7 nitrogen and oxygen atoms in total. The molecule has 2 aromatic heterocycles. The summed E-state index contributed by atoms with van der Waals surface area (Å²) >= 11 is 1.81. The number of likely N-dealkylation sites (N-methyl/N-ethyl adjacent to an activating group) is 1. The van der Waals surface area contributed by atoms with Crippen LogP contribution in [0.25, 0.3) is 5.00 Å². The van der Waals surface area contributed by atoms with Gasteiger partial charge in [-0.1, -0.05) is 12.1 Å². The van der Waals surface area contributed by atoms with Gasteiger partial charge in [0.05, 0.1) is 18.3 Å². The zero-order chi connectivity index (χ0) is 25.1. The quantitative estimate of drug-likeness (QED) is 0.381. The number of anilines is 1. The van der Waals surface area contributed by atoms with Crippen molar-refractivity contribution in [3.8, 4) is 16.5 Å². The van der Waals surface area contributed by atoms with Gasteiger partial charge < -0.3 is 29.2 Å². The molecule has 37 heavy (non-hydrogen) atoms. The van der Waals surface area contributed by atoms with Crippen LogP contribution in [-0.2, 0) is 19.5 Å². The van der Waals surface area contributed by atoms with Gasteiger partial charge in [-0.3, -0.25) is 0 Å². The Hall–Kier alpha value is -3.82. The number of nitrogens with one attached hydrogen (secondary N) is 1. The van der Waals surface area contributed by atoms with Gasteiger partial charge in [0.15, 0.2) is 11.5 Å². The summed E-state index contributed by atoms with van der Waals surface area (Å²) in [5, 5.41) is 4.23. The lowest BCUT2D eigenvalue weighted by Gasteiger charge is -2.32. The zero-order valence-electron chi connectivity index (χ0n) is 20.2. The Morgan fingerprint density at radius 2 is 1.89 bits per heavy atom. The van der Waals surface area contributed by atoms with Crippen LogP contribution in [0.1, 0.15) is 33.3 Å². The van der Waals surface area contributed by atoms with Gasteiger partial charge in [-0.15, -0.1) is 11.3 Å². The molecule has 2 aromatic carbocycles. The van der Waals surface area contributed by atoms with E-state index in [9.17, 15) is 9.18 Å². The van der Waals surface area contributed by atoms with E-state index in [1.807, 2.05) is 17.0 Å². The molecule has 0 bridgehead atoms. The molecule has 0 saturated carbocycles. The predicted molar refractivity (Wildman–Crippen MR) is 139 cm³/mol. The first-order chi connectivity index (χ1) is 18.0. The third kappa shape index (κ3) is 3.77. The van der Waals surface area contributed by atoms with Gasteiger partial charge >= 0.3 is 6.03 Å². The molecule has 1 N–H and O–H groups in total. The van der Waals surface area contributed by atoms with Gasteiger partial charge in [-0.05, 0) is 61.0 Å². The van der Waals surface area contributed by atoms with E-state index in [0.29, 0.717) is 23.7 Å². The Bertz CT molecular complexity index is 1510. The molecule has 188 valence electrons. The summed E-state index contributed by atoms with van der Waals surface area (Å²) in [5.41, 5.74) is 4.99. The van der Waals surface area contributed by atoms with Crippen LogP contribution < -0.4 is 14.8 Å². The summed E-state index contributed by atoms with van der Waals surface area (Å²) in [5.74, 6) is 0.964. The number of carbonyl (C=O) groups is 1. The van der Waals surface area contributed by atoms with Gasteiger partial charge in [0.1, 0.15) is 10.8 Å². The van der Waals surface area contributed by atoms with Crippen LogP contribution in [0, 0.1) is 5.82 Å². The zero-order valence-corrected chi connectivity index (χ0v) is 21.1. The van der Waals surface area contributed by atoms with Crippen molar-refractivity contribution in [3.63, 3.8) is 0 Å². The Kier molecular flexibility index (Phi) is 5.23. The van der Waals surface area contributed by atoms with Crippen LogP contribution in [0.4, 0.5) is 14.9 Å². The third-order valence-electron chi connectivity index (χ3n) is 7.33. The molecule has 0 spiro atoms. The van der Waals surface area contributed by atoms with E-state index < -0.39 is 6.04 Å². The van der Waals surface area contributed by atoms with Crippen molar-refractivity contribution in [2.24, 2.45) is 0 Å². The van der Waals surface area contributed by atoms with Crippen LogP contribution >= 0.6 is 11.3 Å². The highest BCUT2D eigenvalue weighted by molar-refractivity contribution is 7.15. The maximum absolute atomic E-state index is 14.0. The molecule has 0 saturated heterocycles. The minimum absolute atomic E-state index is 0.170.